The Morgan fingerprint density at radius 1 is 1.41 bits per heavy atom. The fourth-order valence-electron chi connectivity index (χ4n) is 1.41. The van der Waals surface area contributed by atoms with Crippen molar-refractivity contribution < 1.29 is 9.53 Å². The van der Waals surface area contributed by atoms with Gasteiger partial charge in [0.15, 0.2) is 0 Å². The van der Waals surface area contributed by atoms with Crippen molar-refractivity contribution in [1.29, 1.82) is 0 Å². The molecule has 0 N–H and O–H groups in total. The number of ether oxygens (including phenoxy) is 1. The van der Waals surface area contributed by atoms with Crippen LogP contribution in [0.15, 0.2) is 30.3 Å². The van der Waals surface area contributed by atoms with Gasteiger partial charge < -0.3 is 9.64 Å². The molecule has 1 aromatic rings. The van der Waals surface area contributed by atoms with Crippen LogP contribution >= 0.6 is 11.6 Å². The van der Waals surface area contributed by atoms with Crippen molar-refractivity contribution in [3.8, 4) is 0 Å². The molecule has 0 aliphatic carbocycles. The molecule has 0 saturated heterocycles. The number of hydrogen-bond acceptors (Lipinski definition) is 2. The molecule has 1 atom stereocenters. The average Bonchev–Trinajstić information content (AvgIpc) is 2.38. The highest BCUT2D eigenvalue weighted by Crippen LogP contribution is 2.21. The molecule has 94 valence electrons. The molecule has 1 unspecified atom stereocenters. The van der Waals surface area contributed by atoms with Gasteiger partial charge in [0.2, 0.25) is 5.91 Å². The minimum Gasteiger partial charge on any atom is -0.380 e. The molecule has 0 aromatic heterocycles. The van der Waals surface area contributed by atoms with Crippen molar-refractivity contribution in [3.05, 3.63) is 35.9 Å². The highest BCUT2D eigenvalue weighted by Gasteiger charge is 2.20. The predicted molar refractivity (Wildman–Crippen MR) is 69.2 cm³/mol. The summed E-state index contributed by atoms with van der Waals surface area (Å²) in [6.07, 6.45) is 0. The predicted octanol–water partition coefficient (Wildman–Crippen LogP) is 2.46. The molecule has 0 fully saturated rings. The van der Waals surface area contributed by atoms with E-state index < -0.39 is 5.38 Å². The number of alkyl halides is 1. The van der Waals surface area contributed by atoms with Crippen molar-refractivity contribution in [1.82, 2.24) is 4.90 Å². The van der Waals surface area contributed by atoms with Crippen LogP contribution in [0.5, 0.6) is 0 Å². The number of carbonyl (C=O) groups excluding carboxylic acids is 1. The van der Waals surface area contributed by atoms with Gasteiger partial charge in [-0.25, -0.2) is 0 Å². The lowest BCUT2D eigenvalue weighted by molar-refractivity contribution is -0.130. The zero-order chi connectivity index (χ0) is 12.7. The maximum atomic E-state index is 12.0. The normalized spacial score (nSPS) is 12.2. The summed E-state index contributed by atoms with van der Waals surface area (Å²) in [7, 11) is 1.74. The van der Waals surface area contributed by atoms with Crippen LogP contribution in [0.4, 0.5) is 0 Å². The summed E-state index contributed by atoms with van der Waals surface area (Å²) in [5.41, 5.74) is 0.822. The van der Waals surface area contributed by atoms with Gasteiger partial charge >= 0.3 is 0 Å². The Labute approximate surface area is 107 Å². The minimum atomic E-state index is -0.622. The van der Waals surface area contributed by atoms with E-state index in [1.807, 2.05) is 37.3 Å². The SMILES string of the molecule is CCOCCN(C)C(=O)C(Cl)c1ccccc1. The largest absolute Gasteiger partial charge is 0.380 e. The Hall–Kier alpha value is -1.06. The van der Waals surface area contributed by atoms with Gasteiger partial charge in [0.05, 0.1) is 6.61 Å². The summed E-state index contributed by atoms with van der Waals surface area (Å²) in [5, 5.41) is -0.622. The van der Waals surface area contributed by atoms with Crippen LogP contribution in [0.3, 0.4) is 0 Å². The van der Waals surface area contributed by atoms with Crippen molar-refractivity contribution in [2.45, 2.75) is 12.3 Å². The molecule has 3 nitrogen and oxygen atoms in total. The average molecular weight is 256 g/mol. The third-order valence-electron chi connectivity index (χ3n) is 2.46. The van der Waals surface area contributed by atoms with Crippen LogP contribution in [0, 0.1) is 0 Å². The topological polar surface area (TPSA) is 29.5 Å². The third-order valence-corrected chi connectivity index (χ3v) is 2.90. The molecule has 0 aliphatic heterocycles. The second-order valence-corrected chi connectivity index (χ2v) is 4.17. The van der Waals surface area contributed by atoms with Gasteiger partial charge in [0.25, 0.3) is 0 Å². The van der Waals surface area contributed by atoms with E-state index in [4.69, 9.17) is 16.3 Å². The van der Waals surface area contributed by atoms with Crippen LogP contribution in [0.2, 0.25) is 0 Å². The first-order chi connectivity index (χ1) is 8.16. The van der Waals surface area contributed by atoms with E-state index in [0.29, 0.717) is 19.8 Å². The number of carbonyl (C=O) groups is 1. The third kappa shape index (κ3) is 4.36. The Kier molecular flexibility index (Phi) is 6.01. The number of amides is 1. The van der Waals surface area contributed by atoms with E-state index in [1.54, 1.807) is 11.9 Å². The summed E-state index contributed by atoms with van der Waals surface area (Å²) in [4.78, 5) is 13.6. The molecular formula is C13H18ClNO2. The fourth-order valence-corrected chi connectivity index (χ4v) is 1.73. The molecule has 0 aliphatic rings. The lowest BCUT2D eigenvalue weighted by Crippen LogP contribution is -2.32. The molecule has 1 aromatic carbocycles. The van der Waals surface area contributed by atoms with Gasteiger partial charge in [-0.1, -0.05) is 30.3 Å². The van der Waals surface area contributed by atoms with E-state index in [-0.39, 0.29) is 5.91 Å². The van der Waals surface area contributed by atoms with E-state index in [0.717, 1.165) is 5.56 Å². The highest BCUT2D eigenvalue weighted by molar-refractivity contribution is 6.30. The Morgan fingerprint density at radius 2 is 2.06 bits per heavy atom. The molecule has 0 saturated carbocycles. The standard InChI is InChI=1S/C13H18ClNO2/c1-3-17-10-9-15(2)13(16)12(14)11-7-5-4-6-8-11/h4-8,12H,3,9-10H2,1-2H3. The number of nitrogens with zero attached hydrogens (tertiary/aromatic N) is 1. The summed E-state index contributed by atoms with van der Waals surface area (Å²) < 4.78 is 5.20. The van der Waals surface area contributed by atoms with Crippen molar-refractivity contribution in [2.75, 3.05) is 26.8 Å². The zero-order valence-corrected chi connectivity index (χ0v) is 11.0. The van der Waals surface area contributed by atoms with E-state index >= 15 is 0 Å². The summed E-state index contributed by atoms with van der Waals surface area (Å²) in [6.45, 7) is 3.68. The van der Waals surface area contributed by atoms with Gasteiger partial charge in [0, 0.05) is 20.2 Å². The summed E-state index contributed by atoms with van der Waals surface area (Å²) in [5.74, 6) is -0.0995. The molecule has 0 spiro atoms. The van der Waals surface area contributed by atoms with Gasteiger partial charge in [-0.3, -0.25) is 4.79 Å². The first kappa shape index (κ1) is 14.0. The number of likely N-dealkylation sites (N-methyl/N-ethyl adjacent to an activating group) is 1. The molecular weight excluding hydrogens is 238 g/mol. The number of hydrogen-bond donors (Lipinski definition) is 0. The smallest absolute Gasteiger partial charge is 0.244 e. The molecule has 17 heavy (non-hydrogen) atoms. The molecule has 0 bridgehead atoms. The highest BCUT2D eigenvalue weighted by atomic mass is 35.5. The first-order valence-electron chi connectivity index (χ1n) is 5.68. The van der Waals surface area contributed by atoms with Gasteiger partial charge in [-0.05, 0) is 12.5 Å². The Bertz CT molecular complexity index is 343. The van der Waals surface area contributed by atoms with Crippen LogP contribution in [0.1, 0.15) is 17.9 Å². The zero-order valence-electron chi connectivity index (χ0n) is 10.2. The van der Waals surface area contributed by atoms with E-state index in [9.17, 15) is 4.79 Å². The second kappa shape index (κ2) is 7.30. The lowest BCUT2D eigenvalue weighted by Gasteiger charge is -2.20. The molecule has 0 heterocycles. The second-order valence-electron chi connectivity index (χ2n) is 3.73. The summed E-state index contributed by atoms with van der Waals surface area (Å²) in [6, 6.07) is 9.35. The van der Waals surface area contributed by atoms with Gasteiger partial charge in [-0.15, -0.1) is 11.6 Å². The van der Waals surface area contributed by atoms with Crippen LogP contribution < -0.4 is 0 Å². The van der Waals surface area contributed by atoms with Crippen molar-refractivity contribution in [3.63, 3.8) is 0 Å². The van der Waals surface area contributed by atoms with Gasteiger partial charge in [0.1, 0.15) is 5.38 Å². The van der Waals surface area contributed by atoms with Crippen molar-refractivity contribution in [2.24, 2.45) is 0 Å². The first-order valence-corrected chi connectivity index (χ1v) is 6.12. The van der Waals surface area contributed by atoms with Crippen LogP contribution in [-0.4, -0.2) is 37.6 Å². The maximum absolute atomic E-state index is 12.0. The van der Waals surface area contributed by atoms with Crippen LogP contribution in [-0.2, 0) is 9.53 Å². The Balaban J connectivity index is 2.51. The molecule has 4 heteroatoms. The van der Waals surface area contributed by atoms with Crippen molar-refractivity contribution >= 4 is 17.5 Å². The van der Waals surface area contributed by atoms with Crippen LogP contribution in [0.25, 0.3) is 0 Å². The number of rotatable bonds is 6. The van der Waals surface area contributed by atoms with Gasteiger partial charge in [-0.2, -0.15) is 0 Å². The molecule has 1 amide bonds. The number of halogens is 1. The van der Waals surface area contributed by atoms with E-state index in [2.05, 4.69) is 0 Å². The summed E-state index contributed by atoms with van der Waals surface area (Å²) >= 11 is 6.13. The fraction of sp³-hybridized carbons (Fsp3) is 0.462. The number of benzene rings is 1. The maximum Gasteiger partial charge on any atom is 0.244 e. The molecule has 0 radical (unpaired) electrons. The Morgan fingerprint density at radius 3 is 2.65 bits per heavy atom. The minimum absolute atomic E-state index is 0.0995. The van der Waals surface area contributed by atoms with E-state index in [1.165, 1.54) is 0 Å². The molecule has 1 rings (SSSR count). The quantitative estimate of drug-likeness (QED) is 0.577. The lowest BCUT2D eigenvalue weighted by atomic mass is 10.1. The monoisotopic (exact) mass is 255 g/mol.